The highest BCUT2D eigenvalue weighted by molar-refractivity contribution is 6.32. The molecule has 0 aliphatic rings. The summed E-state index contributed by atoms with van der Waals surface area (Å²) in [6.07, 6.45) is 1.80. The van der Waals surface area contributed by atoms with Crippen LogP contribution in [0.1, 0.15) is 11.1 Å². The molecule has 0 saturated carbocycles. The molecule has 0 aliphatic carbocycles. The number of hydrogen-bond donors (Lipinski definition) is 2. The second-order valence-corrected chi connectivity index (χ2v) is 8.85. The number of ether oxygens (including phenoxy) is 1. The Hall–Kier alpha value is -3.32. The van der Waals surface area contributed by atoms with E-state index < -0.39 is 0 Å². The lowest BCUT2D eigenvalue weighted by atomic mass is 10.2. The number of nitrogens with one attached hydrogen (secondary N) is 2. The summed E-state index contributed by atoms with van der Waals surface area (Å²) in [7, 11) is 0. The normalized spacial score (nSPS) is 10.4. The van der Waals surface area contributed by atoms with Crippen molar-refractivity contribution in [1.82, 2.24) is 0 Å². The number of hydrogen-bond acceptors (Lipinski definition) is 3. The molecule has 0 aliphatic heterocycles. The van der Waals surface area contributed by atoms with Crippen molar-refractivity contribution >= 4 is 57.3 Å². The lowest BCUT2D eigenvalue weighted by Crippen LogP contribution is -3.00. The van der Waals surface area contributed by atoms with Gasteiger partial charge in [0, 0.05) is 27.5 Å². The van der Waals surface area contributed by atoms with Crippen LogP contribution in [0.15, 0.2) is 72.9 Å². The van der Waals surface area contributed by atoms with Gasteiger partial charge in [-0.25, -0.2) is 0 Å². The molecule has 0 saturated heterocycles. The van der Waals surface area contributed by atoms with Gasteiger partial charge < -0.3 is 27.8 Å². The first kappa shape index (κ1) is 27.3. The van der Waals surface area contributed by atoms with E-state index in [9.17, 15) is 9.59 Å². The number of nitrogens with zero attached hydrogens (tertiary/aromatic N) is 1. The van der Waals surface area contributed by atoms with Crippen LogP contribution < -0.4 is 32.3 Å². The molecule has 0 atom stereocenters. The van der Waals surface area contributed by atoms with Crippen LogP contribution in [0.4, 0.5) is 11.4 Å². The van der Waals surface area contributed by atoms with Crippen LogP contribution >= 0.6 is 23.2 Å². The SMILES string of the molecule is Cc1c(Cl)cccc1NC(=O)COc1cccc2ccc[n+](CC(=O)Nc3cccc(Cl)c3C)c12.[Cl-]. The molecule has 186 valence electrons. The van der Waals surface area contributed by atoms with Gasteiger partial charge in [-0.3, -0.25) is 9.59 Å². The lowest BCUT2D eigenvalue weighted by molar-refractivity contribution is -0.658. The summed E-state index contributed by atoms with van der Waals surface area (Å²) in [5, 5.41) is 7.77. The van der Waals surface area contributed by atoms with Gasteiger partial charge in [0.15, 0.2) is 18.6 Å². The third-order valence-electron chi connectivity index (χ3n) is 5.62. The molecule has 1 aromatic heterocycles. The average Bonchev–Trinajstić information content (AvgIpc) is 2.83. The van der Waals surface area contributed by atoms with Crippen LogP contribution in [-0.2, 0) is 16.1 Å². The number of aromatic nitrogens is 1. The van der Waals surface area contributed by atoms with E-state index in [1.165, 1.54) is 0 Å². The Morgan fingerprint density at radius 2 is 1.36 bits per heavy atom. The van der Waals surface area contributed by atoms with Crippen LogP contribution in [0, 0.1) is 13.8 Å². The molecule has 2 amide bonds. The van der Waals surface area contributed by atoms with Gasteiger partial charge in [-0.15, -0.1) is 0 Å². The Bertz CT molecular complexity index is 1420. The third-order valence-corrected chi connectivity index (χ3v) is 6.43. The number of anilines is 2. The lowest BCUT2D eigenvalue weighted by Gasteiger charge is -2.12. The molecule has 0 fully saturated rings. The summed E-state index contributed by atoms with van der Waals surface area (Å²) in [6.45, 7) is 3.54. The number of amides is 2. The minimum Gasteiger partial charge on any atom is -1.00 e. The van der Waals surface area contributed by atoms with Gasteiger partial charge in [0.05, 0.1) is 5.39 Å². The number of carbonyl (C=O) groups excluding carboxylic acids is 2. The van der Waals surface area contributed by atoms with Gasteiger partial charge in [0.2, 0.25) is 6.54 Å². The second kappa shape index (κ2) is 12.1. The van der Waals surface area contributed by atoms with E-state index in [1.807, 2.05) is 44.2 Å². The fourth-order valence-electron chi connectivity index (χ4n) is 3.71. The number of para-hydroxylation sites is 1. The van der Waals surface area contributed by atoms with Crippen molar-refractivity contribution in [1.29, 1.82) is 0 Å². The first-order valence-corrected chi connectivity index (χ1v) is 11.7. The third kappa shape index (κ3) is 6.26. The number of benzene rings is 3. The first-order chi connectivity index (χ1) is 16.8. The van der Waals surface area contributed by atoms with Gasteiger partial charge in [0.25, 0.3) is 17.3 Å². The van der Waals surface area contributed by atoms with E-state index >= 15 is 0 Å². The van der Waals surface area contributed by atoms with E-state index in [0.29, 0.717) is 32.7 Å². The minimum absolute atomic E-state index is 0. The van der Waals surface area contributed by atoms with Crippen molar-refractivity contribution in [3.8, 4) is 5.75 Å². The first-order valence-electron chi connectivity index (χ1n) is 11.0. The number of halogens is 3. The smallest absolute Gasteiger partial charge is 0.290 e. The maximum atomic E-state index is 12.8. The molecule has 6 nitrogen and oxygen atoms in total. The molecule has 9 heteroatoms. The quantitative estimate of drug-likeness (QED) is 0.352. The van der Waals surface area contributed by atoms with Gasteiger partial charge in [0.1, 0.15) is 0 Å². The number of fused-ring (bicyclic) bond motifs is 1. The molecule has 2 N–H and O–H groups in total. The largest absolute Gasteiger partial charge is 1.00 e. The highest BCUT2D eigenvalue weighted by atomic mass is 35.5. The van der Waals surface area contributed by atoms with E-state index in [2.05, 4.69) is 10.6 Å². The van der Waals surface area contributed by atoms with Crippen molar-refractivity contribution in [3.05, 3.63) is 94.1 Å². The summed E-state index contributed by atoms with van der Waals surface area (Å²) >= 11 is 12.3. The summed E-state index contributed by atoms with van der Waals surface area (Å²) in [4.78, 5) is 25.4. The summed E-state index contributed by atoms with van der Waals surface area (Å²) < 4.78 is 7.67. The van der Waals surface area contributed by atoms with Crippen LogP contribution in [0.3, 0.4) is 0 Å². The Balaban J connectivity index is 0.00000361. The van der Waals surface area contributed by atoms with E-state index in [-0.39, 0.29) is 37.4 Å². The molecule has 4 rings (SSSR count). The van der Waals surface area contributed by atoms with Gasteiger partial charge in [-0.05, 0) is 67.4 Å². The Morgan fingerprint density at radius 1 is 0.806 bits per heavy atom. The van der Waals surface area contributed by atoms with Crippen molar-refractivity contribution in [2.24, 2.45) is 0 Å². The molecule has 1 heterocycles. The molecular weight excluding hydrogens is 521 g/mol. The fraction of sp³-hybridized carbons (Fsp3) is 0.148. The topological polar surface area (TPSA) is 71.3 Å². The Kier molecular flexibility index (Phi) is 9.15. The molecule has 4 aromatic rings. The van der Waals surface area contributed by atoms with Crippen molar-refractivity contribution in [3.63, 3.8) is 0 Å². The molecule has 0 unspecified atom stereocenters. The molecule has 0 radical (unpaired) electrons. The average molecular weight is 545 g/mol. The van der Waals surface area contributed by atoms with Crippen LogP contribution in [-0.4, -0.2) is 18.4 Å². The maximum Gasteiger partial charge on any atom is 0.290 e. The van der Waals surface area contributed by atoms with Crippen LogP contribution in [0.25, 0.3) is 10.9 Å². The molecule has 3 aromatic carbocycles. The molecule has 36 heavy (non-hydrogen) atoms. The zero-order chi connectivity index (χ0) is 24.9. The molecule has 0 bridgehead atoms. The summed E-state index contributed by atoms with van der Waals surface area (Å²) in [6, 6.07) is 20.0. The highest BCUT2D eigenvalue weighted by Gasteiger charge is 2.19. The Labute approximate surface area is 225 Å². The Morgan fingerprint density at radius 3 is 2.00 bits per heavy atom. The second-order valence-electron chi connectivity index (χ2n) is 8.04. The predicted octanol–water partition coefficient (Wildman–Crippen LogP) is 2.71. The summed E-state index contributed by atoms with van der Waals surface area (Å²) in [5.74, 6) is -0.0336. The zero-order valence-corrected chi connectivity index (χ0v) is 21.9. The van der Waals surface area contributed by atoms with E-state index in [1.54, 1.807) is 47.2 Å². The van der Waals surface area contributed by atoms with E-state index in [0.717, 1.165) is 16.5 Å². The van der Waals surface area contributed by atoms with Crippen molar-refractivity contribution in [2.45, 2.75) is 20.4 Å². The molecular formula is C27H24Cl3N3O3. The van der Waals surface area contributed by atoms with Gasteiger partial charge in [-0.1, -0.05) is 41.4 Å². The standard InChI is InChI=1S/C27H23Cl2N3O3.ClH/c1-17-20(28)9-4-11-22(17)30-25(33)15-32-14-6-8-19-7-3-13-24(27(19)32)35-16-26(34)31-23-12-5-10-21(29)18(23)2;/h3-14H,15-16H2,1-2H3,(H-,30,31,33,34);1H. The maximum absolute atomic E-state index is 12.8. The summed E-state index contributed by atoms with van der Waals surface area (Å²) in [5.41, 5.74) is 3.58. The fourth-order valence-corrected chi connectivity index (χ4v) is 4.06. The highest BCUT2D eigenvalue weighted by Crippen LogP contribution is 2.25. The number of rotatable bonds is 7. The van der Waals surface area contributed by atoms with Crippen LogP contribution in [0.2, 0.25) is 10.0 Å². The van der Waals surface area contributed by atoms with E-state index in [4.69, 9.17) is 27.9 Å². The zero-order valence-electron chi connectivity index (χ0n) is 19.6. The number of carbonyl (C=O) groups is 2. The number of pyridine rings is 1. The van der Waals surface area contributed by atoms with Crippen LogP contribution in [0.5, 0.6) is 5.75 Å². The predicted molar refractivity (Wildman–Crippen MR) is 139 cm³/mol. The van der Waals surface area contributed by atoms with Crippen molar-refractivity contribution in [2.75, 3.05) is 17.2 Å². The minimum atomic E-state index is -0.316. The molecule has 0 spiro atoms. The van der Waals surface area contributed by atoms with Gasteiger partial charge >= 0.3 is 0 Å². The monoisotopic (exact) mass is 543 g/mol. The van der Waals surface area contributed by atoms with Gasteiger partial charge in [-0.2, -0.15) is 4.57 Å². The van der Waals surface area contributed by atoms with Crippen molar-refractivity contribution < 1.29 is 31.3 Å².